The number of benzene rings is 2. The van der Waals surface area contributed by atoms with E-state index in [0.29, 0.717) is 12.2 Å². The number of hydrogen-bond acceptors (Lipinski definition) is 4. The molecule has 1 N–H and O–H groups in total. The molecular weight excluding hydrogens is 388 g/mol. The monoisotopic (exact) mass is 410 g/mol. The summed E-state index contributed by atoms with van der Waals surface area (Å²) in [5.74, 6) is 0.479. The highest BCUT2D eigenvalue weighted by Crippen LogP contribution is 2.24. The minimum Gasteiger partial charge on any atom is -0.496 e. The van der Waals surface area contributed by atoms with Crippen molar-refractivity contribution in [3.05, 3.63) is 58.6 Å². The Morgan fingerprint density at radius 3 is 2.59 bits per heavy atom. The highest BCUT2D eigenvalue weighted by Gasteiger charge is 2.16. The molecule has 0 aromatic heterocycles. The number of carbonyl (C=O) groups excluding carboxylic acids is 1. The summed E-state index contributed by atoms with van der Waals surface area (Å²) in [6, 6.07) is 12.3. The molecule has 2 aromatic rings. The van der Waals surface area contributed by atoms with Gasteiger partial charge in [-0.3, -0.25) is 9.10 Å². The van der Waals surface area contributed by atoms with Crippen molar-refractivity contribution < 1.29 is 17.9 Å². The van der Waals surface area contributed by atoms with Gasteiger partial charge in [0.1, 0.15) is 5.75 Å². The van der Waals surface area contributed by atoms with Crippen molar-refractivity contribution in [1.29, 1.82) is 0 Å². The molecule has 0 unspecified atom stereocenters. The number of sulfonamides is 1. The Balaban J connectivity index is 1.99. The summed E-state index contributed by atoms with van der Waals surface area (Å²) in [6.45, 7) is 0.458. The molecule has 2 aromatic carbocycles. The van der Waals surface area contributed by atoms with E-state index in [1.165, 1.54) is 19.2 Å². The average Bonchev–Trinajstić information content (AvgIpc) is 2.64. The molecule has 0 saturated heterocycles. The lowest BCUT2D eigenvalue weighted by Crippen LogP contribution is -2.27. The molecule has 27 heavy (non-hydrogen) atoms. The van der Waals surface area contributed by atoms with Crippen molar-refractivity contribution >= 4 is 33.2 Å². The Kier molecular flexibility index (Phi) is 7.10. The Bertz CT molecular complexity index is 916. The molecule has 146 valence electrons. The van der Waals surface area contributed by atoms with Crippen LogP contribution in [0.5, 0.6) is 5.75 Å². The molecule has 2 rings (SSSR count). The number of rotatable bonds is 8. The topological polar surface area (TPSA) is 75.7 Å². The van der Waals surface area contributed by atoms with Gasteiger partial charge in [0.2, 0.25) is 10.0 Å². The van der Waals surface area contributed by atoms with Crippen LogP contribution in [-0.2, 0) is 16.4 Å². The van der Waals surface area contributed by atoms with E-state index in [0.717, 1.165) is 34.7 Å². The molecule has 0 heterocycles. The molecule has 0 atom stereocenters. The molecule has 0 aliphatic heterocycles. The highest BCUT2D eigenvalue weighted by atomic mass is 35.5. The standard InChI is InChI=1S/C19H23ClN2O4S/c1-22(27(3,24)25)15-10-11-17(20)16(13-15)19(23)21-12-6-8-14-7-4-5-9-18(14)26-2/h4-5,7,9-11,13H,6,8,12H2,1-3H3,(H,21,23). The van der Waals surface area contributed by atoms with Gasteiger partial charge in [0.05, 0.1) is 29.6 Å². The zero-order valence-corrected chi connectivity index (χ0v) is 17.1. The van der Waals surface area contributed by atoms with E-state index >= 15 is 0 Å². The largest absolute Gasteiger partial charge is 0.496 e. The fraction of sp³-hybridized carbons (Fsp3) is 0.316. The van der Waals surface area contributed by atoms with Crippen LogP contribution in [0, 0.1) is 0 Å². The quantitative estimate of drug-likeness (QED) is 0.678. The summed E-state index contributed by atoms with van der Waals surface area (Å²) in [4.78, 5) is 12.4. The number of nitrogens with zero attached hydrogens (tertiary/aromatic N) is 1. The van der Waals surface area contributed by atoms with Gasteiger partial charge in [-0.1, -0.05) is 29.8 Å². The molecule has 1 amide bonds. The Hall–Kier alpha value is -2.25. The van der Waals surface area contributed by atoms with Gasteiger partial charge in [-0.15, -0.1) is 0 Å². The maximum atomic E-state index is 12.4. The van der Waals surface area contributed by atoms with Gasteiger partial charge >= 0.3 is 0 Å². The summed E-state index contributed by atoms with van der Waals surface area (Å²) in [5.41, 5.74) is 1.69. The fourth-order valence-corrected chi connectivity index (χ4v) is 3.26. The van der Waals surface area contributed by atoms with Crippen molar-refractivity contribution in [3.63, 3.8) is 0 Å². The predicted molar refractivity (Wildman–Crippen MR) is 108 cm³/mol. The average molecular weight is 411 g/mol. The SMILES string of the molecule is COc1ccccc1CCCNC(=O)c1cc(N(C)S(C)(=O)=O)ccc1Cl. The third kappa shape index (κ3) is 5.61. The molecule has 0 saturated carbocycles. The van der Waals surface area contributed by atoms with Crippen molar-refractivity contribution in [1.82, 2.24) is 5.32 Å². The van der Waals surface area contributed by atoms with Crippen LogP contribution in [0.4, 0.5) is 5.69 Å². The second kappa shape index (κ2) is 9.10. The Morgan fingerprint density at radius 2 is 1.93 bits per heavy atom. The van der Waals surface area contributed by atoms with E-state index < -0.39 is 10.0 Å². The number of ether oxygens (including phenoxy) is 1. The predicted octanol–water partition coefficient (Wildman–Crippen LogP) is 3.11. The minimum absolute atomic E-state index is 0.238. The zero-order chi connectivity index (χ0) is 20.0. The van der Waals surface area contributed by atoms with E-state index in [4.69, 9.17) is 16.3 Å². The second-order valence-electron chi connectivity index (χ2n) is 6.07. The summed E-state index contributed by atoms with van der Waals surface area (Å²) < 4.78 is 29.8. The van der Waals surface area contributed by atoms with E-state index in [-0.39, 0.29) is 16.5 Å². The van der Waals surface area contributed by atoms with Crippen LogP contribution >= 0.6 is 11.6 Å². The summed E-state index contributed by atoms with van der Waals surface area (Å²) in [6.07, 6.45) is 2.58. The number of amides is 1. The zero-order valence-electron chi connectivity index (χ0n) is 15.5. The van der Waals surface area contributed by atoms with Crippen LogP contribution in [-0.4, -0.2) is 41.3 Å². The molecular formula is C19H23ClN2O4S. The van der Waals surface area contributed by atoms with Crippen molar-refractivity contribution in [2.75, 3.05) is 31.3 Å². The van der Waals surface area contributed by atoms with Gasteiger partial charge in [0.15, 0.2) is 0 Å². The van der Waals surface area contributed by atoms with Gasteiger partial charge in [-0.25, -0.2) is 8.42 Å². The summed E-state index contributed by atoms with van der Waals surface area (Å²) in [7, 11) is -0.370. The van der Waals surface area contributed by atoms with Crippen LogP contribution in [0.15, 0.2) is 42.5 Å². The van der Waals surface area contributed by atoms with Crippen molar-refractivity contribution in [3.8, 4) is 5.75 Å². The molecule has 0 spiro atoms. The number of aryl methyl sites for hydroxylation is 1. The second-order valence-corrected chi connectivity index (χ2v) is 8.49. The maximum absolute atomic E-state index is 12.4. The normalized spacial score (nSPS) is 11.1. The van der Waals surface area contributed by atoms with Gasteiger partial charge in [-0.2, -0.15) is 0 Å². The number of methoxy groups -OCH3 is 1. The van der Waals surface area contributed by atoms with Crippen LogP contribution in [0.25, 0.3) is 0 Å². The van der Waals surface area contributed by atoms with E-state index in [2.05, 4.69) is 5.32 Å². The Morgan fingerprint density at radius 1 is 1.22 bits per heavy atom. The molecule has 6 nitrogen and oxygen atoms in total. The maximum Gasteiger partial charge on any atom is 0.252 e. The molecule has 0 fully saturated rings. The van der Waals surface area contributed by atoms with Gasteiger partial charge < -0.3 is 10.1 Å². The minimum atomic E-state index is -3.42. The van der Waals surface area contributed by atoms with Gasteiger partial charge in [-0.05, 0) is 42.7 Å². The fourth-order valence-electron chi connectivity index (χ4n) is 2.56. The van der Waals surface area contributed by atoms with Crippen LogP contribution in [0.3, 0.4) is 0 Å². The molecule has 0 aliphatic rings. The summed E-state index contributed by atoms with van der Waals surface area (Å²) >= 11 is 6.11. The van der Waals surface area contributed by atoms with Crippen molar-refractivity contribution in [2.45, 2.75) is 12.8 Å². The molecule has 0 bridgehead atoms. The van der Waals surface area contributed by atoms with Crippen molar-refractivity contribution in [2.24, 2.45) is 0 Å². The van der Waals surface area contributed by atoms with Crippen LogP contribution < -0.4 is 14.4 Å². The third-order valence-corrected chi connectivity index (χ3v) is 5.69. The molecule has 8 heteroatoms. The lowest BCUT2D eigenvalue weighted by molar-refractivity contribution is 0.0953. The van der Waals surface area contributed by atoms with Crippen LogP contribution in [0.1, 0.15) is 22.3 Å². The van der Waals surface area contributed by atoms with E-state index in [1.54, 1.807) is 13.2 Å². The number of hydrogen-bond donors (Lipinski definition) is 1. The third-order valence-electron chi connectivity index (χ3n) is 4.16. The Labute approximate surface area is 165 Å². The van der Waals surface area contributed by atoms with E-state index in [9.17, 15) is 13.2 Å². The van der Waals surface area contributed by atoms with E-state index in [1.807, 2.05) is 24.3 Å². The smallest absolute Gasteiger partial charge is 0.252 e. The number of nitrogens with one attached hydrogen (secondary N) is 1. The first-order chi connectivity index (χ1) is 12.7. The summed E-state index contributed by atoms with van der Waals surface area (Å²) in [5, 5.41) is 3.09. The first-order valence-corrected chi connectivity index (χ1v) is 10.6. The number of anilines is 1. The number of para-hydroxylation sites is 1. The number of carbonyl (C=O) groups is 1. The van der Waals surface area contributed by atoms with Crippen LogP contribution in [0.2, 0.25) is 5.02 Å². The van der Waals surface area contributed by atoms with Gasteiger partial charge in [0, 0.05) is 13.6 Å². The number of halogens is 1. The molecule has 0 aliphatic carbocycles. The molecule has 0 radical (unpaired) electrons. The lowest BCUT2D eigenvalue weighted by atomic mass is 10.1. The first kappa shape index (κ1) is 21.1. The van der Waals surface area contributed by atoms with Gasteiger partial charge in [0.25, 0.3) is 5.91 Å². The first-order valence-electron chi connectivity index (χ1n) is 8.37. The lowest BCUT2D eigenvalue weighted by Gasteiger charge is -2.18. The highest BCUT2D eigenvalue weighted by molar-refractivity contribution is 7.92.